The summed E-state index contributed by atoms with van der Waals surface area (Å²) in [5, 5.41) is 4.23. The van der Waals surface area contributed by atoms with Crippen LogP contribution in [-0.4, -0.2) is 29.4 Å². The largest absolute Gasteiger partial charge is 0.285 e. The van der Waals surface area contributed by atoms with Gasteiger partial charge in [0.15, 0.2) is 0 Å². The number of carbonyl (C=O) groups is 2. The molecule has 7 heteroatoms. The summed E-state index contributed by atoms with van der Waals surface area (Å²) in [5.41, 5.74) is 10.1. The van der Waals surface area contributed by atoms with Gasteiger partial charge < -0.3 is 0 Å². The van der Waals surface area contributed by atoms with Crippen LogP contribution in [0, 0.1) is 5.92 Å². The second-order valence-corrected chi connectivity index (χ2v) is 6.99. The molecule has 1 fully saturated rings. The van der Waals surface area contributed by atoms with Crippen molar-refractivity contribution in [2.75, 3.05) is 0 Å². The standard InChI is InChI=1S/C19H25N5O2/c1-13-6-5-9-15(10-13)21-23-18(25)12-16-19(26)24-22-17(20-16)11-14-7-3-2-4-8-14/h2-4,7-8,13,16H,5-6,9-12H2,1H3,(H,20,22)(H,23,25)(H,24,26)/b21-15-/t13-,16-/m0/s1. The Bertz CT molecular complexity index is 714. The van der Waals surface area contributed by atoms with Crippen LogP contribution in [0.4, 0.5) is 0 Å². The minimum atomic E-state index is -0.736. The van der Waals surface area contributed by atoms with E-state index in [1.807, 2.05) is 30.3 Å². The lowest BCUT2D eigenvalue weighted by molar-refractivity contribution is -0.128. The van der Waals surface area contributed by atoms with E-state index in [0.29, 0.717) is 18.2 Å². The third-order valence-corrected chi connectivity index (χ3v) is 4.62. The van der Waals surface area contributed by atoms with Gasteiger partial charge in [-0.1, -0.05) is 37.3 Å². The van der Waals surface area contributed by atoms with E-state index in [2.05, 4.69) is 33.3 Å². The van der Waals surface area contributed by atoms with Crippen LogP contribution in [0.2, 0.25) is 0 Å². The number of hydrogen-bond acceptors (Lipinski definition) is 5. The molecule has 1 saturated carbocycles. The number of hydrogen-bond donors (Lipinski definition) is 3. The number of amidine groups is 1. The Morgan fingerprint density at radius 3 is 2.88 bits per heavy atom. The van der Waals surface area contributed by atoms with Crippen molar-refractivity contribution in [3.8, 4) is 0 Å². The van der Waals surface area contributed by atoms with E-state index < -0.39 is 6.04 Å². The molecule has 0 aromatic heterocycles. The molecule has 2 amide bonds. The fourth-order valence-corrected chi connectivity index (χ4v) is 3.24. The monoisotopic (exact) mass is 355 g/mol. The van der Waals surface area contributed by atoms with Crippen LogP contribution in [0.3, 0.4) is 0 Å². The molecular formula is C19H25N5O2. The number of hydrazone groups is 1. The van der Waals surface area contributed by atoms with E-state index in [1.165, 1.54) is 6.42 Å². The first-order chi connectivity index (χ1) is 12.6. The van der Waals surface area contributed by atoms with Gasteiger partial charge in [0.2, 0.25) is 5.91 Å². The van der Waals surface area contributed by atoms with Gasteiger partial charge in [0.05, 0.1) is 6.42 Å². The van der Waals surface area contributed by atoms with Gasteiger partial charge in [-0.2, -0.15) is 5.10 Å². The average molecular weight is 355 g/mol. The summed E-state index contributed by atoms with van der Waals surface area (Å²) in [5.74, 6) is 0.650. The summed E-state index contributed by atoms with van der Waals surface area (Å²) in [7, 11) is 0. The molecular weight excluding hydrogens is 330 g/mol. The molecule has 0 spiro atoms. The highest BCUT2D eigenvalue weighted by Crippen LogP contribution is 2.20. The van der Waals surface area contributed by atoms with Gasteiger partial charge in [-0.25, -0.2) is 5.43 Å². The van der Waals surface area contributed by atoms with Crippen molar-refractivity contribution in [2.45, 2.75) is 51.5 Å². The summed E-state index contributed by atoms with van der Waals surface area (Å²) in [6.07, 6.45) is 4.73. The Labute approximate surface area is 153 Å². The van der Waals surface area contributed by atoms with Gasteiger partial charge in [-0.3, -0.25) is 25.4 Å². The Morgan fingerprint density at radius 2 is 2.12 bits per heavy atom. The van der Waals surface area contributed by atoms with Gasteiger partial charge in [-0.15, -0.1) is 0 Å². The quantitative estimate of drug-likeness (QED) is 0.702. The molecule has 0 unspecified atom stereocenters. The van der Waals surface area contributed by atoms with Gasteiger partial charge in [0.1, 0.15) is 11.9 Å². The number of aliphatic imine (C=N–C) groups is 1. The molecule has 1 aliphatic carbocycles. The van der Waals surface area contributed by atoms with Crippen LogP contribution in [0.1, 0.15) is 44.6 Å². The second-order valence-electron chi connectivity index (χ2n) is 6.99. The predicted molar refractivity (Wildman–Crippen MR) is 100 cm³/mol. The van der Waals surface area contributed by atoms with Crippen molar-refractivity contribution < 1.29 is 9.59 Å². The Hall–Kier alpha value is -2.70. The molecule has 1 aromatic carbocycles. The van der Waals surface area contributed by atoms with Crippen LogP contribution >= 0.6 is 0 Å². The smallest absolute Gasteiger partial charge is 0.263 e. The predicted octanol–water partition coefficient (Wildman–Crippen LogP) is 1.70. The lowest BCUT2D eigenvalue weighted by atomic mass is 9.89. The van der Waals surface area contributed by atoms with Gasteiger partial charge in [-0.05, 0) is 37.2 Å². The van der Waals surface area contributed by atoms with E-state index in [0.717, 1.165) is 30.5 Å². The highest BCUT2D eigenvalue weighted by Gasteiger charge is 2.26. The molecule has 3 rings (SSSR count). The van der Waals surface area contributed by atoms with Crippen LogP contribution in [0.25, 0.3) is 0 Å². The minimum Gasteiger partial charge on any atom is -0.285 e. The third-order valence-electron chi connectivity index (χ3n) is 4.62. The van der Waals surface area contributed by atoms with Crippen LogP contribution in [0.5, 0.6) is 0 Å². The van der Waals surface area contributed by atoms with Crippen LogP contribution in [-0.2, 0) is 16.0 Å². The molecule has 0 radical (unpaired) electrons. The maximum Gasteiger partial charge on any atom is 0.263 e. The average Bonchev–Trinajstić information content (AvgIpc) is 2.64. The SMILES string of the molecule is C[C@H]1CCC/C(=N/NC(=O)C[C@@H]2N=C(Cc3ccccc3)NNC2=O)C1. The fraction of sp³-hybridized carbons (Fsp3) is 0.474. The second kappa shape index (κ2) is 8.60. The molecule has 1 aromatic rings. The molecule has 1 heterocycles. The maximum absolute atomic E-state index is 12.2. The zero-order valence-electron chi connectivity index (χ0n) is 15.0. The Kier molecular flexibility index (Phi) is 5.99. The number of nitrogens with zero attached hydrogens (tertiary/aromatic N) is 2. The first kappa shape index (κ1) is 18.1. The summed E-state index contributed by atoms with van der Waals surface area (Å²) in [4.78, 5) is 28.5. The summed E-state index contributed by atoms with van der Waals surface area (Å²) in [6, 6.07) is 9.10. The summed E-state index contributed by atoms with van der Waals surface area (Å²) in [6.45, 7) is 2.19. The zero-order chi connectivity index (χ0) is 18.4. The Morgan fingerprint density at radius 1 is 1.31 bits per heavy atom. The molecule has 7 nitrogen and oxygen atoms in total. The first-order valence-corrected chi connectivity index (χ1v) is 9.11. The lowest BCUT2D eigenvalue weighted by Crippen LogP contribution is -2.52. The number of hydrazine groups is 1. The van der Waals surface area contributed by atoms with Crippen molar-refractivity contribution >= 4 is 23.4 Å². The van der Waals surface area contributed by atoms with Gasteiger partial charge >= 0.3 is 0 Å². The molecule has 0 bridgehead atoms. The third kappa shape index (κ3) is 5.15. The van der Waals surface area contributed by atoms with Crippen LogP contribution in [0.15, 0.2) is 40.4 Å². The molecule has 2 atom stereocenters. The van der Waals surface area contributed by atoms with E-state index in [4.69, 9.17) is 0 Å². The van der Waals surface area contributed by atoms with Gasteiger partial charge in [0, 0.05) is 12.1 Å². The highest BCUT2D eigenvalue weighted by atomic mass is 16.2. The molecule has 138 valence electrons. The number of rotatable bonds is 5. The van der Waals surface area contributed by atoms with Crippen molar-refractivity contribution in [1.29, 1.82) is 0 Å². The van der Waals surface area contributed by atoms with E-state index in [-0.39, 0.29) is 18.2 Å². The normalized spacial score (nSPS) is 24.4. The molecule has 3 N–H and O–H groups in total. The highest BCUT2D eigenvalue weighted by molar-refractivity contribution is 5.97. The summed E-state index contributed by atoms with van der Waals surface area (Å²) >= 11 is 0. The first-order valence-electron chi connectivity index (χ1n) is 9.11. The number of amides is 2. The number of nitrogens with one attached hydrogen (secondary N) is 3. The van der Waals surface area contributed by atoms with E-state index in [9.17, 15) is 9.59 Å². The van der Waals surface area contributed by atoms with Crippen LogP contribution < -0.4 is 16.3 Å². The number of benzene rings is 1. The van der Waals surface area contributed by atoms with E-state index >= 15 is 0 Å². The minimum absolute atomic E-state index is 0.0157. The molecule has 0 saturated heterocycles. The van der Waals surface area contributed by atoms with Crippen molar-refractivity contribution in [1.82, 2.24) is 16.3 Å². The molecule has 1 aliphatic heterocycles. The number of carbonyl (C=O) groups excluding carboxylic acids is 2. The molecule has 2 aliphatic rings. The fourth-order valence-electron chi connectivity index (χ4n) is 3.24. The van der Waals surface area contributed by atoms with E-state index in [1.54, 1.807) is 0 Å². The Balaban J connectivity index is 1.56. The van der Waals surface area contributed by atoms with Crippen molar-refractivity contribution in [2.24, 2.45) is 16.0 Å². The van der Waals surface area contributed by atoms with Gasteiger partial charge in [0.25, 0.3) is 5.91 Å². The topological polar surface area (TPSA) is 94.9 Å². The van der Waals surface area contributed by atoms with Crippen molar-refractivity contribution in [3.05, 3.63) is 35.9 Å². The lowest BCUT2D eigenvalue weighted by Gasteiger charge is -2.22. The zero-order valence-corrected chi connectivity index (χ0v) is 15.0. The van der Waals surface area contributed by atoms with Crippen molar-refractivity contribution in [3.63, 3.8) is 0 Å². The molecule has 26 heavy (non-hydrogen) atoms. The maximum atomic E-state index is 12.2. The summed E-state index contributed by atoms with van der Waals surface area (Å²) < 4.78 is 0.